The van der Waals surface area contributed by atoms with Gasteiger partial charge in [-0.25, -0.2) is 91.0 Å². The summed E-state index contributed by atoms with van der Waals surface area (Å²) in [5.41, 5.74) is -4.80. The number of carbonyl (C=O) groups is 4. The summed E-state index contributed by atoms with van der Waals surface area (Å²) >= 11 is 1.10. The SMILES string of the molecule is C=CC(=O)N1CC(C)N2c3nc(=O)n(-c4c(C)ccnc4C(C)C)c4nc(-c5c(O)ccc(F)c5F)c(F)c(c34)NC(=O)C2C1.C=CC(=O)N1CC(C)N2c3nc(=O)n(-c4c(C)ccnc4C(C)C)c4nc(-c5c(O)ccc(F)c5F)c(F)c(c34)S(=O)(=O)CC2C1.C=CC(=O)N1CC(C)N2c3nc(=O)n(-c4c(C)ccnc4C(C)C)c4nc(-c5c(O)ccc(F)c5F)c(F)c(c34)SCC2C1. The van der Waals surface area contributed by atoms with Gasteiger partial charge in [-0.15, -0.1) is 11.8 Å². The van der Waals surface area contributed by atoms with Gasteiger partial charge in [-0.2, -0.15) is 15.0 Å². The Bertz CT molecular complexity index is 7470. The van der Waals surface area contributed by atoms with Crippen molar-refractivity contribution in [3.8, 4) is 68.1 Å². The lowest BCUT2D eigenvalue weighted by Gasteiger charge is -2.45. The molecule has 0 saturated carbocycles. The smallest absolute Gasteiger partial charge is 0.355 e. The van der Waals surface area contributed by atoms with Crippen LogP contribution in [0.5, 0.6) is 17.2 Å². The number of hydrogen-bond donors (Lipinski definition) is 4. The first kappa shape index (κ1) is 93.8. The van der Waals surface area contributed by atoms with E-state index >= 15 is 26.3 Å². The minimum atomic E-state index is -4.67. The van der Waals surface area contributed by atoms with Gasteiger partial charge >= 0.3 is 17.1 Å². The fraction of sp³-hybridized carbons (Fsp3) is 0.312. The van der Waals surface area contributed by atoms with Gasteiger partial charge in [-0.05, 0) is 149 Å². The number of thioether (sulfide) groups is 1. The average Bonchev–Trinajstić information content (AvgIpc) is 1.53. The minimum Gasteiger partial charge on any atom is -0.507 e. The van der Waals surface area contributed by atoms with E-state index in [1.165, 1.54) is 31.5 Å². The molecule has 18 rings (SSSR count). The van der Waals surface area contributed by atoms with E-state index in [4.69, 9.17) is 0 Å². The Morgan fingerprint density at radius 2 is 0.800 bits per heavy atom. The highest BCUT2D eigenvalue weighted by molar-refractivity contribution is 7.99. The molecule has 700 valence electrons. The molecule has 6 atom stereocenters. The average molecular weight is 1900 g/mol. The lowest BCUT2D eigenvalue weighted by atomic mass is 10.0. The Hall–Kier alpha value is -14.5. The first-order chi connectivity index (χ1) is 64.0. The predicted octanol–water partition coefficient (Wildman–Crippen LogP) is 12.8. The number of nitrogens with zero attached hydrogens (tertiary/aromatic N) is 18. The fourth-order valence-corrected chi connectivity index (χ4v) is 21.6. The molecule has 0 bridgehead atoms. The molecular formula is C93H86F9N19O12S2. The number of rotatable bonds is 12. The molecule has 31 nitrogen and oxygen atoms in total. The Morgan fingerprint density at radius 3 is 1.21 bits per heavy atom. The van der Waals surface area contributed by atoms with Gasteiger partial charge in [-0.1, -0.05) is 61.3 Å². The van der Waals surface area contributed by atoms with Gasteiger partial charge < -0.3 is 50.0 Å². The van der Waals surface area contributed by atoms with Gasteiger partial charge in [0.25, 0.3) is 0 Å². The van der Waals surface area contributed by atoms with Crippen molar-refractivity contribution in [1.82, 2.24) is 73.3 Å². The number of benzene rings is 3. The highest BCUT2D eigenvalue weighted by atomic mass is 32.2. The Morgan fingerprint density at radius 1 is 0.452 bits per heavy atom. The van der Waals surface area contributed by atoms with E-state index in [0.29, 0.717) is 58.1 Å². The topological polar surface area (TPSA) is 377 Å². The van der Waals surface area contributed by atoms with Crippen LogP contribution in [0.2, 0.25) is 0 Å². The molecule has 6 unspecified atom stereocenters. The van der Waals surface area contributed by atoms with Crippen molar-refractivity contribution in [1.29, 1.82) is 0 Å². The van der Waals surface area contributed by atoms with E-state index in [2.05, 4.69) is 69.9 Å². The monoisotopic (exact) mass is 1900 g/mol. The highest BCUT2D eigenvalue weighted by Crippen LogP contribution is 2.51. The van der Waals surface area contributed by atoms with Crippen LogP contribution < -0.4 is 37.1 Å². The number of anilines is 4. The van der Waals surface area contributed by atoms with Crippen molar-refractivity contribution < 1.29 is 82.4 Å². The normalized spacial score (nSPS) is 18.2. The summed E-state index contributed by atoms with van der Waals surface area (Å²) in [5, 5.41) is 34.1. The van der Waals surface area contributed by atoms with Crippen LogP contribution in [0.3, 0.4) is 0 Å². The number of amides is 4. The number of aryl methyl sites for hydroxylation is 3. The van der Waals surface area contributed by atoms with Crippen molar-refractivity contribution in [2.24, 2.45) is 0 Å². The molecule has 0 spiro atoms. The van der Waals surface area contributed by atoms with Crippen LogP contribution in [0.15, 0.2) is 135 Å². The molecule has 12 aromatic rings. The molecular weight excluding hydrogens is 1810 g/mol. The van der Waals surface area contributed by atoms with E-state index in [-0.39, 0.29) is 135 Å². The molecule has 135 heavy (non-hydrogen) atoms. The number of phenols is 3. The summed E-state index contributed by atoms with van der Waals surface area (Å²) in [6, 6.07) is 5.57. The number of pyridine rings is 6. The van der Waals surface area contributed by atoms with Crippen LogP contribution in [0.4, 0.5) is 62.7 Å². The van der Waals surface area contributed by atoms with E-state index < -0.39 is 194 Å². The number of phenolic OH excluding ortho intramolecular Hbond substituents is 3. The summed E-state index contributed by atoms with van der Waals surface area (Å²) in [4.78, 5) is 142. The first-order valence-corrected chi connectivity index (χ1v) is 45.2. The lowest BCUT2D eigenvalue weighted by molar-refractivity contribution is -0.129. The molecule has 42 heteroatoms. The van der Waals surface area contributed by atoms with Gasteiger partial charge in [0.2, 0.25) is 23.6 Å². The third-order valence-corrected chi connectivity index (χ3v) is 27.7. The summed E-state index contributed by atoms with van der Waals surface area (Å²) in [5.74, 6) is -18.2. The lowest BCUT2D eigenvalue weighted by Crippen LogP contribution is -2.62. The Labute approximate surface area is 767 Å². The van der Waals surface area contributed by atoms with E-state index in [9.17, 15) is 70.5 Å². The van der Waals surface area contributed by atoms with Crippen molar-refractivity contribution >= 4 is 101 Å². The maximum absolute atomic E-state index is 16.8. The number of sulfone groups is 1. The van der Waals surface area contributed by atoms with E-state index in [0.717, 1.165) is 57.3 Å². The standard InChI is InChI=1S/C31H28F3N7O4.C31H29F3N6O5S.C31H29F3N6O3S/c1-6-19(43)39-11-15(5)40-17(12-39)30(44)37-26-21-28(36-25(23(26)34)20-18(42)8-7-16(32)22(20)33)41(31(45)38-29(21)40)27-14(4)9-10-35-24(27)13(2)3;1-6-20(42)38-11-16(5)39-17(12-38)13-46(44,45)28-22-29(36-26(24(28)34)21-19(41)8-7-18(32)23(21)33)40(31(43)37-30(22)39)27-15(4)9-10-35-25(27)14(2)3;1-6-20(42)38-11-16(5)39-17(12-38)13-44-28-22-29(36-26(24(28)34)21-19(41)8-7-18(32)23(21)33)40(31(43)37-30(22)39)27-15(4)9-10-35-25(27)14(2)3/h6-10,13,15,17,42H,1,11-12H2,2-5H3,(H,37,44);6-10,14,16-17,41H,1,11-13H2,2-5H3;6-10,14,16-17,41H,1,11-13H2,2-5H3. The van der Waals surface area contributed by atoms with Gasteiger partial charge in [0.15, 0.2) is 79.1 Å². The first-order valence-electron chi connectivity index (χ1n) is 42.6. The second-order valence-corrected chi connectivity index (χ2v) is 37.4. The molecule has 6 aliphatic heterocycles. The van der Waals surface area contributed by atoms with Crippen molar-refractivity contribution in [3.63, 3.8) is 0 Å². The Balaban J connectivity index is 0.000000147. The largest absolute Gasteiger partial charge is 0.507 e. The number of carbonyl (C=O) groups excluding carboxylic acids is 4. The molecule has 9 aromatic heterocycles. The second kappa shape index (κ2) is 35.5. The van der Waals surface area contributed by atoms with Gasteiger partial charge in [-0.3, -0.25) is 34.1 Å². The molecule has 0 radical (unpaired) electrons. The van der Waals surface area contributed by atoms with Crippen LogP contribution in [-0.2, 0) is 29.0 Å². The zero-order valence-electron chi connectivity index (χ0n) is 74.4. The number of halogens is 9. The number of aromatic hydroxyl groups is 3. The fourth-order valence-electron chi connectivity index (χ4n) is 18.6. The maximum Gasteiger partial charge on any atom is 0.355 e. The number of piperazine rings is 3. The maximum atomic E-state index is 16.8. The molecule has 0 aliphatic carbocycles. The summed E-state index contributed by atoms with van der Waals surface area (Å²) in [6.07, 6.45) is 8.16. The summed E-state index contributed by atoms with van der Waals surface area (Å²) in [7, 11) is -4.67. The zero-order valence-corrected chi connectivity index (χ0v) is 76.1. The summed E-state index contributed by atoms with van der Waals surface area (Å²) in [6.45, 7) is 32.8. The zero-order chi connectivity index (χ0) is 97.5. The molecule has 3 fully saturated rings. The molecule has 4 amide bonds. The second-order valence-electron chi connectivity index (χ2n) is 34.4. The summed E-state index contributed by atoms with van der Waals surface area (Å²) < 4.78 is 171. The third-order valence-electron chi connectivity index (χ3n) is 24.6. The van der Waals surface area contributed by atoms with Crippen LogP contribution in [0.1, 0.15) is 114 Å². The highest BCUT2D eigenvalue weighted by Gasteiger charge is 2.49. The van der Waals surface area contributed by atoms with Crippen LogP contribution in [0.25, 0.3) is 83.9 Å². The molecule has 3 aromatic carbocycles. The third kappa shape index (κ3) is 15.7. The van der Waals surface area contributed by atoms with Crippen molar-refractivity contribution in [3.05, 3.63) is 229 Å². The van der Waals surface area contributed by atoms with Crippen LogP contribution in [0, 0.1) is 73.1 Å². The number of aromatic nitrogens is 12. The van der Waals surface area contributed by atoms with Crippen LogP contribution >= 0.6 is 11.8 Å². The Kier molecular flexibility index (Phi) is 24.7. The van der Waals surface area contributed by atoms with E-state index in [1.807, 2.05) is 53.4 Å². The quantitative estimate of drug-likeness (QED) is 0.0652. The molecule has 15 heterocycles. The number of nitrogens with one attached hydrogen (secondary N) is 1. The molecule has 4 N–H and O–H groups in total. The number of fused-ring (bicyclic) bond motifs is 6. The van der Waals surface area contributed by atoms with Crippen molar-refractivity contribution in [2.75, 3.05) is 70.8 Å². The van der Waals surface area contributed by atoms with Crippen LogP contribution in [-0.4, -0.2) is 208 Å². The number of hydrogen-bond acceptors (Lipinski definition) is 25. The van der Waals surface area contributed by atoms with Gasteiger partial charge in [0, 0.05) is 75.2 Å². The van der Waals surface area contributed by atoms with Crippen molar-refractivity contribution in [2.45, 2.75) is 147 Å². The molecule has 3 saturated heterocycles. The van der Waals surface area contributed by atoms with E-state index in [1.54, 1.807) is 75.0 Å². The van der Waals surface area contributed by atoms with Gasteiger partial charge in [0.05, 0.1) is 102 Å². The predicted molar refractivity (Wildman–Crippen MR) is 485 cm³/mol. The minimum absolute atomic E-state index is 0.0140. The molecule has 6 aliphatic rings. The van der Waals surface area contributed by atoms with Gasteiger partial charge in [0.1, 0.15) is 62.7 Å².